The van der Waals surface area contributed by atoms with E-state index in [1.54, 1.807) is 13.8 Å². The molecule has 1 aromatic heterocycles. The average Bonchev–Trinajstić information content (AvgIpc) is 2.80. The summed E-state index contributed by atoms with van der Waals surface area (Å²) in [6.07, 6.45) is -1.97. The number of esters is 1. The van der Waals surface area contributed by atoms with Gasteiger partial charge in [0.15, 0.2) is 12.3 Å². The Morgan fingerprint density at radius 2 is 2.25 bits per heavy atom. The molecule has 2 rings (SSSR count). The normalized spacial score (nSPS) is 29.4. The molecule has 0 aromatic carbocycles. The van der Waals surface area contributed by atoms with Gasteiger partial charge in [0.1, 0.15) is 11.5 Å². The summed E-state index contributed by atoms with van der Waals surface area (Å²) in [7, 11) is 0. The second-order valence-electron chi connectivity index (χ2n) is 6.13. The molecule has 1 fully saturated rings. The third kappa shape index (κ3) is 2.98. The standard InChI is InChI=1S/C15H19N3O6/c1-8(2)12(21)24-11-9(6-19)23-13(15(11,3)7-16)18-5-4-10(20)17-14(18)22/h4-5,8-9,11,13,19H,6H2,1-3H3,(H,17,20,22)/t9?,11-,13?,15-/m1/s1. The molecule has 0 radical (unpaired) electrons. The van der Waals surface area contributed by atoms with Crippen molar-refractivity contribution >= 4 is 5.97 Å². The van der Waals surface area contributed by atoms with E-state index in [1.165, 1.54) is 13.1 Å². The maximum absolute atomic E-state index is 12.0. The van der Waals surface area contributed by atoms with E-state index in [-0.39, 0.29) is 0 Å². The number of aromatic amines is 1. The molecule has 1 saturated heterocycles. The lowest BCUT2D eigenvalue weighted by Crippen LogP contribution is -2.43. The van der Waals surface area contributed by atoms with Gasteiger partial charge in [-0.05, 0) is 6.92 Å². The highest BCUT2D eigenvalue weighted by molar-refractivity contribution is 5.71. The van der Waals surface area contributed by atoms with E-state index in [4.69, 9.17) is 9.47 Å². The minimum Gasteiger partial charge on any atom is -0.457 e. The Bertz CT molecular complexity index is 776. The molecular formula is C15H19N3O6. The third-order valence-corrected chi connectivity index (χ3v) is 3.98. The van der Waals surface area contributed by atoms with Crippen LogP contribution in [0.1, 0.15) is 27.0 Å². The van der Waals surface area contributed by atoms with Crippen molar-refractivity contribution < 1.29 is 19.4 Å². The van der Waals surface area contributed by atoms with Gasteiger partial charge in [-0.3, -0.25) is 19.1 Å². The van der Waals surface area contributed by atoms with Gasteiger partial charge in [0, 0.05) is 12.3 Å². The molecule has 2 unspecified atom stereocenters. The fourth-order valence-corrected chi connectivity index (χ4v) is 2.59. The topological polar surface area (TPSA) is 134 Å². The smallest absolute Gasteiger partial charge is 0.330 e. The van der Waals surface area contributed by atoms with Crippen LogP contribution in [0.25, 0.3) is 0 Å². The summed E-state index contributed by atoms with van der Waals surface area (Å²) in [5, 5.41) is 19.2. The van der Waals surface area contributed by atoms with Crippen molar-refractivity contribution in [1.82, 2.24) is 9.55 Å². The minimum atomic E-state index is -1.43. The highest BCUT2D eigenvalue weighted by atomic mass is 16.6. The Labute approximate surface area is 137 Å². The van der Waals surface area contributed by atoms with Gasteiger partial charge in [-0.25, -0.2) is 4.79 Å². The molecule has 1 aromatic rings. The molecule has 0 spiro atoms. The van der Waals surface area contributed by atoms with Gasteiger partial charge in [0.25, 0.3) is 5.56 Å². The van der Waals surface area contributed by atoms with E-state index in [0.717, 1.165) is 10.6 Å². The number of rotatable bonds is 4. The van der Waals surface area contributed by atoms with Gasteiger partial charge < -0.3 is 14.6 Å². The third-order valence-electron chi connectivity index (χ3n) is 3.98. The largest absolute Gasteiger partial charge is 0.457 e. The molecule has 9 nitrogen and oxygen atoms in total. The first-order valence-corrected chi connectivity index (χ1v) is 7.44. The van der Waals surface area contributed by atoms with Gasteiger partial charge in [-0.1, -0.05) is 13.8 Å². The van der Waals surface area contributed by atoms with Crippen LogP contribution in [0.2, 0.25) is 0 Å². The van der Waals surface area contributed by atoms with Crippen LogP contribution in [-0.4, -0.2) is 39.4 Å². The summed E-state index contributed by atoms with van der Waals surface area (Å²) in [5.74, 6) is -0.972. The number of H-pyrrole nitrogens is 1. The summed E-state index contributed by atoms with van der Waals surface area (Å²) in [6.45, 7) is 4.25. The number of carbonyl (C=O) groups is 1. The van der Waals surface area contributed by atoms with Crippen LogP contribution in [-0.2, 0) is 14.3 Å². The Balaban J connectivity index is 2.47. The molecule has 24 heavy (non-hydrogen) atoms. The predicted octanol–water partition coefficient (Wildman–Crippen LogP) is -0.476. The number of aliphatic hydroxyl groups is 1. The van der Waals surface area contributed by atoms with Crippen molar-refractivity contribution in [2.24, 2.45) is 11.3 Å². The van der Waals surface area contributed by atoms with E-state index in [2.05, 4.69) is 4.98 Å². The molecule has 130 valence electrons. The van der Waals surface area contributed by atoms with Gasteiger partial charge >= 0.3 is 11.7 Å². The summed E-state index contributed by atoms with van der Waals surface area (Å²) >= 11 is 0. The second kappa shape index (κ2) is 6.59. The molecular weight excluding hydrogens is 318 g/mol. The van der Waals surface area contributed by atoms with Crippen molar-refractivity contribution in [1.29, 1.82) is 5.26 Å². The summed E-state index contributed by atoms with van der Waals surface area (Å²) < 4.78 is 12.0. The van der Waals surface area contributed by atoms with Crippen LogP contribution in [0.3, 0.4) is 0 Å². The molecule has 9 heteroatoms. The molecule has 1 aliphatic rings. The van der Waals surface area contributed by atoms with Crippen LogP contribution in [0.15, 0.2) is 21.9 Å². The number of carbonyl (C=O) groups excluding carboxylic acids is 1. The predicted molar refractivity (Wildman–Crippen MR) is 80.8 cm³/mol. The molecule has 1 aliphatic heterocycles. The van der Waals surface area contributed by atoms with E-state index in [1.807, 2.05) is 6.07 Å². The maximum Gasteiger partial charge on any atom is 0.330 e. The van der Waals surface area contributed by atoms with Crippen molar-refractivity contribution in [2.75, 3.05) is 6.61 Å². The lowest BCUT2D eigenvalue weighted by Gasteiger charge is -2.29. The van der Waals surface area contributed by atoms with Crippen molar-refractivity contribution in [3.8, 4) is 6.07 Å². The lowest BCUT2D eigenvalue weighted by molar-refractivity contribution is -0.159. The average molecular weight is 337 g/mol. The molecule has 0 aliphatic carbocycles. The van der Waals surface area contributed by atoms with E-state index in [0.29, 0.717) is 0 Å². The second-order valence-corrected chi connectivity index (χ2v) is 6.13. The SMILES string of the molecule is CC(C)C(=O)O[C@@H]1C(CO)OC(n2ccc(=O)[nH]c2=O)[C@]1(C)C#N. The van der Waals surface area contributed by atoms with E-state index in [9.17, 15) is 24.8 Å². The molecule has 4 atom stereocenters. The zero-order valence-corrected chi connectivity index (χ0v) is 13.6. The highest BCUT2D eigenvalue weighted by Gasteiger charge is 2.57. The van der Waals surface area contributed by atoms with E-state index >= 15 is 0 Å². The lowest BCUT2D eigenvalue weighted by atomic mass is 9.83. The van der Waals surface area contributed by atoms with Gasteiger partial charge in [0.05, 0.1) is 18.6 Å². The van der Waals surface area contributed by atoms with Crippen LogP contribution in [0, 0.1) is 22.7 Å². The summed E-state index contributed by atoms with van der Waals surface area (Å²) in [4.78, 5) is 37.2. The summed E-state index contributed by atoms with van der Waals surface area (Å²) in [6, 6.07) is 3.14. The Morgan fingerprint density at radius 3 is 2.75 bits per heavy atom. The number of ether oxygens (including phenoxy) is 2. The summed E-state index contributed by atoms with van der Waals surface area (Å²) in [5.41, 5.74) is -2.78. The molecule has 0 saturated carbocycles. The fraction of sp³-hybridized carbons (Fsp3) is 0.600. The number of nitrogens with one attached hydrogen (secondary N) is 1. The number of nitriles is 1. The first-order valence-electron chi connectivity index (χ1n) is 7.44. The van der Waals surface area contributed by atoms with Crippen LogP contribution in [0.4, 0.5) is 0 Å². The number of nitrogens with zero attached hydrogens (tertiary/aromatic N) is 2. The molecule has 0 amide bonds. The Hall–Kier alpha value is -2.44. The molecule has 2 heterocycles. The first-order chi connectivity index (χ1) is 11.2. The van der Waals surface area contributed by atoms with Gasteiger partial charge in [-0.15, -0.1) is 0 Å². The maximum atomic E-state index is 12.0. The highest BCUT2D eigenvalue weighted by Crippen LogP contribution is 2.46. The van der Waals surface area contributed by atoms with E-state index < -0.39 is 53.6 Å². The van der Waals surface area contributed by atoms with Crippen LogP contribution < -0.4 is 11.2 Å². The minimum absolute atomic E-state index is 0.429. The first kappa shape index (κ1) is 17.9. The van der Waals surface area contributed by atoms with Gasteiger partial charge in [-0.2, -0.15) is 5.26 Å². The van der Waals surface area contributed by atoms with Crippen molar-refractivity contribution in [3.63, 3.8) is 0 Å². The Kier molecular flexibility index (Phi) is 4.91. The van der Waals surface area contributed by atoms with Crippen LogP contribution in [0.5, 0.6) is 0 Å². The zero-order valence-electron chi connectivity index (χ0n) is 13.6. The number of hydrogen-bond donors (Lipinski definition) is 2. The number of aliphatic hydroxyl groups excluding tert-OH is 1. The molecule has 2 N–H and O–H groups in total. The monoisotopic (exact) mass is 337 g/mol. The zero-order chi connectivity index (χ0) is 18.1. The van der Waals surface area contributed by atoms with Crippen LogP contribution >= 0.6 is 0 Å². The van der Waals surface area contributed by atoms with Gasteiger partial charge in [0.2, 0.25) is 0 Å². The quantitative estimate of drug-likeness (QED) is 0.709. The molecule has 0 bridgehead atoms. The van der Waals surface area contributed by atoms with Crippen molar-refractivity contribution in [2.45, 2.75) is 39.2 Å². The number of aromatic nitrogens is 2. The number of hydrogen-bond acceptors (Lipinski definition) is 7. The van der Waals surface area contributed by atoms with Crippen molar-refractivity contribution in [3.05, 3.63) is 33.1 Å². The Morgan fingerprint density at radius 1 is 1.58 bits per heavy atom. The fourth-order valence-electron chi connectivity index (χ4n) is 2.59.